The summed E-state index contributed by atoms with van der Waals surface area (Å²) in [5.74, 6) is 0. The maximum Gasteiger partial charge on any atom is 0.00104 e. The van der Waals surface area contributed by atoms with Crippen LogP contribution in [0.15, 0.2) is 0 Å². The predicted octanol–water partition coefficient (Wildman–Crippen LogP) is 5.46. The van der Waals surface area contributed by atoms with E-state index in [1.807, 2.05) is 0 Å². The number of halogens is 1. The molecule has 0 aromatic heterocycles. The molecule has 0 aromatic rings. The zero-order valence-electron chi connectivity index (χ0n) is 12.0. The van der Waals surface area contributed by atoms with Crippen LogP contribution in [-0.4, -0.2) is 6.04 Å². The molecule has 0 saturated heterocycles. The van der Waals surface area contributed by atoms with Gasteiger partial charge in [0.1, 0.15) is 0 Å². The fourth-order valence-electron chi connectivity index (χ4n) is 2.13. The van der Waals surface area contributed by atoms with Gasteiger partial charge in [0.2, 0.25) is 0 Å². The summed E-state index contributed by atoms with van der Waals surface area (Å²) < 4.78 is 0. The molecule has 2 heteroatoms. The maximum atomic E-state index is 5.71. The summed E-state index contributed by atoms with van der Waals surface area (Å²) in [6, 6.07) is 0.401. The maximum absolute atomic E-state index is 5.71. The monoisotopic (exact) mass is 263 g/mol. The summed E-state index contributed by atoms with van der Waals surface area (Å²) in [4.78, 5) is 0. The van der Waals surface area contributed by atoms with E-state index in [4.69, 9.17) is 5.73 Å². The average Bonchev–Trinajstić information content (AvgIpc) is 2.25. The first kappa shape index (κ1) is 19.6. The second-order valence-corrected chi connectivity index (χ2v) is 5.30. The lowest BCUT2D eigenvalue weighted by Gasteiger charge is -2.04. The molecule has 0 amide bonds. The van der Waals surface area contributed by atoms with Crippen LogP contribution in [0.25, 0.3) is 0 Å². The van der Waals surface area contributed by atoms with Crippen molar-refractivity contribution in [2.24, 2.45) is 5.73 Å². The first-order chi connectivity index (χ1) is 7.77. The van der Waals surface area contributed by atoms with Crippen LogP contribution in [-0.2, 0) is 0 Å². The molecule has 1 nitrogen and oxygen atoms in total. The fourth-order valence-corrected chi connectivity index (χ4v) is 2.13. The Morgan fingerprint density at radius 3 is 1.41 bits per heavy atom. The van der Waals surface area contributed by atoms with Crippen molar-refractivity contribution in [3.63, 3.8) is 0 Å². The van der Waals surface area contributed by atoms with E-state index in [-0.39, 0.29) is 12.4 Å². The molecule has 1 atom stereocenters. The van der Waals surface area contributed by atoms with Gasteiger partial charge >= 0.3 is 0 Å². The standard InChI is InChI=1S/C15H33N.ClH/c1-3-4-5-6-7-8-9-10-11-12-13-14-15(2)16;/h15H,3-14,16H2,1-2H3;1H. The van der Waals surface area contributed by atoms with E-state index in [9.17, 15) is 0 Å². The Balaban J connectivity index is 0. The Hall–Kier alpha value is 0.250. The van der Waals surface area contributed by atoms with Crippen molar-refractivity contribution in [3.05, 3.63) is 0 Å². The molecule has 0 fully saturated rings. The molecule has 106 valence electrons. The van der Waals surface area contributed by atoms with Gasteiger partial charge in [0.15, 0.2) is 0 Å². The highest BCUT2D eigenvalue weighted by molar-refractivity contribution is 5.85. The van der Waals surface area contributed by atoms with Crippen molar-refractivity contribution in [2.45, 2.75) is 96.9 Å². The fraction of sp³-hybridized carbons (Fsp3) is 1.00. The molecule has 0 bridgehead atoms. The molecule has 0 radical (unpaired) electrons. The highest BCUT2D eigenvalue weighted by atomic mass is 35.5. The van der Waals surface area contributed by atoms with Gasteiger partial charge in [0.25, 0.3) is 0 Å². The van der Waals surface area contributed by atoms with Crippen LogP contribution in [0.2, 0.25) is 0 Å². The molecule has 1 unspecified atom stereocenters. The van der Waals surface area contributed by atoms with Crippen LogP contribution >= 0.6 is 12.4 Å². The number of rotatable bonds is 12. The summed E-state index contributed by atoms with van der Waals surface area (Å²) in [5, 5.41) is 0. The Morgan fingerprint density at radius 2 is 1.06 bits per heavy atom. The van der Waals surface area contributed by atoms with E-state index in [1.54, 1.807) is 0 Å². The van der Waals surface area contributed by atoms with E-state index in [0.29, 0.717) is 6.04 Å². The first-order valence-electron chi connectivity index (χ1n) is 7.53. The SMILES string of the molecule is CCCCCCCCCCCCCC(C)N.Cl. The number of nitrogens with two attached hydrogens (primary N) is 1. The Labute approximate surface area is 115 Å². The van der Waals surface area contributed by atoms with Gasteiger partial charge in [0.05, 0.1) is 0 Å². The quantitative estimate of drug-likeness (QED) is 0.465. The minimum Gasteiger partial charge on any atom is -0.328 e. The van der Waals surface area contributed by atoms with Crippen LogP contribution in [0.4, 0.5) is 0 Å². The van der Waals surface area contributed by atoms with Crippen LogP contribution in [0.1, 0.15) is 90.9 Å². The summed E-state index contributed by atoms with van der Waals surface area (Å²) in [6.45, 7) is 4.39. The molecule has 0 heterocycles. The minimum absolute atomic E-state index is 0. The molecule has 2 N–H and O–H groups in total. The zero-order chi connectivity index (χ0) is 12.1. The molecule has 17 heavy (non-hydrogen) atoms. The van der Waals surface area contributed by atoms with Gasteiger partial charge in [-0.15, -0.1) is 12.4 Å². The predicted molar refractivity (Wildman–Crippen MR) is 82.0 cm³/mol. The third kappa shape index (κ3) is 18.8. The van der Waals surface area contributed by atoms with Gasteiger partial charge in [-0.3, -0.25) is 0 Å². The molecule has 0 rings (SSSR count). The van der Waals surface area contributed by atoms with Gasteiger partial charge in [-0.2, -0.15) is 0 Å². The topological polar surface area (TPSA) is 26.0 Å². The Kier molecular flexibility index (Phi) is 18.7. The second kappa shape index (κ2) is 16.2. The number of unbranched alkanes of at least 4 members (excludes halogenated alkanes) is 10. The van der Waals surface area contributed by atoms with Crippen LogP contribution in [0.5, 0.6) is 0 Å². The van der Waals surface area contributed by atoms with Crippen LogP contribution in [0, 0.1) is 0 Å². The summed E-state index contributed by atoms with van der Waals surface area (Å²) in [7, 11) is 0. The lowest BCUT2D eigenvalue weighted by Crippen LogP contribution is -2.13. The summed E-state index contributed by atoms with van der Waals surface area (Å²) >= 11 is 0. The van der Waals surface area contributed by atoms with Gasteiger partial charge in [-0.1, -0.05) is 77.6 Å². The third-order valence-electron chi connectivity index (χ3n) is 3.26. The van der Waals surface area contributed by atoms with Crippen molar-refractivity contribution in [1.29, 1.82) is 0 Å². The molecule has 0 aliphatic heterocycles. The molecule has 0 spiro atoms. The third-order valence-corrected chi connectivity index (χ3v) is 3.26. The minimum atomic E-state index is 0. The molecular formula is C15H34ClN. The average molecular weight is 264 g/mol. The zero-order valence-corrected chi connectivity index (χ0v) is 12.9. The summed E-state index contributed by atoms with van der Waals surface area (Å²) in [5.41, 5.74) is 5.71. The molecule has 0 aliphatic carbocycles. The largest absolute Gasteiger partial charge is 0.328 e. The number of hydrogen-bond donors (Lipinski definition) is 1. The van der Waals surface area contributed by atoms with Gasteiger partial charge in [0, 0.05) is 6.04 Å². The normalized spacial score (nSPS) is 12.2. The Bertz CT molecular complexity index is 126. The van der Waals surface area contributed by atoms with E-state index in [1.165, 1.54) is 77.0 Å². The lowest BCUT2D eigenvalue weighted by molar-refractivity contribution is 0.530. The van der Waals surface area contributed by atoms with Gasteiger partial charge in [-0.05, 0) is 13.3 Å². The number of hydrogen-bond acceptors (Lipinski definition) is 1. The van der Waals surface area contributed by atoms with Crippen molar-refractivity contribution >= 4 is 12.4 Å². The molecule has 0 aromatic carbocycles. The Morgan fingerprint density at radius 1 is 0.706 bits per heavy atom. The van der Waals surface area contributed by atoms with E-state index < -0.39 is 0 Å². The highest BCUT2D eigenvalue weighted by Crippen LogP contribution is 2.12. The van der Waals surface area contributed by atoms with Gasteiger partial charge < -0.3 is 5.73 Å². The van der Waals surface area contributed by atoms with Gasteiger partial charge in [-0.25, -0.2) is 0 Å². The van der Waals surface area contributed by atoms with Crippen molar-refractivity contribution in [2.75, 3.05) is 0 Å². The smallest absolute Gasteiger partial charge is 0.00104 e. The van der Waals surface area contributed by atoms with Crippen molar-refractivity contribution in [3.8, 4) is 0 Å². The summed E-state index contributed by atoms with van der Waals surface area (Å²) in [6.07, 6.45) is 16.8. The van der Waals surface area contributed by atoms with Crippen LogP contribution in [0.3, 0.4) is 0 Å². The molecule has 0 aliphatic rings. The van der Waals surface area contributed by atoms with E-state index in [0.717, 1.165) is 0 Å². The second-order valence-electron chi connectivity index (χ2n) is 5.30. The van der Waals surface area contributed by atoms with Crippen molar-refractivity contribution < 1.29 is 0 Å². The highest BCUT2D eigenvalue weighted by Gasteiger charge is 1.95. The van der Waals surface area contributed by atoms with Crippen molar-refractivity contribution in [1.82, 2.24) is 0 Å². The molecular weight excluding hydrogens is 230 g/mol. The van der Waals surface area contributed by atoms with E-state index in [2.05, 4.69) is 13.8 Å². The lowest BCUT2D eigenvalue weighted by atomic mass is 10.0. The molecule has 0 saturated carbocycles. The van der Waals surface area contributed by atoms with E-state index >= 15 is 0 Å². The first-order valence-corrected chi connectivity index (χ1v) is 7.53. The van der Waals surface area contributed by atoms with Crippen LogP contribution < -0.4 is 5.73 Å².